The number of hydrogen-bond acceptors (Lipinski definition) is 4. The maximum Gasteiger partial charge on any atom is 0.225 e. The molecule has 1 saturated heterocycles. The molecule has 0 spiro atoms. The second-order valence-corrected chi connectivity index (χ2v) is 8.03. The molecular weight excluding hydrogens is 364 g/mol. The van der Waals surface area contributed by atoms with E-state index >= 15 is 0 Å². The molecule has 2 aliphatic rings. The number of aliphatic hydroxyl groups is 1. The molecule has 1 amide bonds. The molecule has 0 bridgehead atoms. The molecule has 5 rings (SSSR count). The van der Waals surface area contributed by atoms with Gasteiger partial charge in [0.15, 0.2) is 0 Å². The lowest BCUT2D eigenvalue weighted by molar-refractivity contribution is -0.132. The Morgan fingerprint density at radius 3 is 2.48 bits per heavy atom. The van der Waals surface area contributed by atoms with E-state index in [0.717, 1.165) is 61.2 Å². The number of nitrogens with zero attached hydrogens (tertiary/aromatic N) is 4. The average molecular weight is 390 g/mol. The number of fused-ring (bicyclic) bond motifs is 1. The molecule has 3 heterocycles. The summed E-state index contributed by atoms with van der Waals surface area (Å²) in [5, 5.41) is 13.6. The summed E-state index contributed by atoms with van der Waals surface area (Å²) in [5.41, 5.74) is 5.66. The Bertz CT molecular complexity index is 1020. The largest absolute Gasteiger partial charge is 0.396 e. The zero-order valence-electron chi connectivity index (χ0n) is 16.5. The second kappa shape index (κ2) is 7.52. The number of carbonyl (C=O) groups excluding carboxylic acids is 1. The van der Waals surface area contributed by atoms with Crippen molar-refractivity contribution in [3.05, 3.63) is 54.4 Å². The number of carbonyl (C=O) groups is 1. The van der Waals surface area contributed by atoms with Gasteiger partial charge in [-0.3, -0.25) is 4.79 Å². The first-order valence-corrected chi connectivity index (χ1v) is 10.4. The van der Waals surface area contributed by atoms with Crippen LogP contribution in [0.5, 0.6) is 0 Å². The van der Waals surface area contributed by atoms with Crippen LogP contribution in [0.25, 0.3) is 16.6 Å². The number of anilines is 1. The van der Waals surface area contributed by atoms with E-state index in [-0.39, 0.29) is 6.61 Å². The predicted octanol–water partition coefficient (Wildman–Crippen LogP) is 2.59. The minimum Gasteiger partial charge on any atom is -0.396 e. The third-order valence-corrected chi connectivity index (χ3v) is 6.03. The Hall–Kier alpha value is -2.86. The quantitative estimate of drug-likeness (QED) is 0.728. The summed E-state index contributed by atoms with van der Waals surface area (Å²) >= 11 is 0. The van der Waals surface area contributed by atoms with E-state index in [4.69, 9.17) is 5.11 Å². The van der Waals surface area contributed by atoms with Gasteiger partial charge >= 0.3 is 0 Å². The predicted molar refractivity (Wildman–Crippen MR) is 113 cm³/mol. The van der Waals surface area contributed by atoms with Crippen LogP contribution in [0.3, 0.4) is 0 Å². The standard InChI is InChI=1S/C23H26N4O2/c28-14-8-17-1-3-18(4-2-17)20-15-22-21(7-9-24-27(22)16-20)25-10-12-26(13-11-25)23(29)19-5-6-19/h1-4,7,9,15-16,19,28H,5-6,8,10-14H2. The molecule has 1 aliphatic carbocycles. The van der Waals surface area contributed by atoms with Crippen molar-refractivity contribution in [2.75, 3.05) is 37.7 Å². The zero-order chi connectivity index (χ0) is 19.8. The minimum atomic E-state index is 0.169. The molecule has 1 aromatic carbocycles. The Morgan fingerprint density at radius 2 is 1.79 bits per heavy atom. The molecule has 0 atom stereocenters. The summed E-state index contributed by atoms with van der Waals surface area (Å²) in [5.74, 6) is 0.644. The number of amides is 1. The maximum atomic E-state index is 12.3. The van der Waals surface area contributed by atoms with E-state index in [1.165, 1.54) is 5.69 Å². The molecule has 0 unspecified atom stereocenters. The van der Waals surface area contributed by atoms with Gasteiger partial charge < -0.3 is 14.9 Å². The molecular formula is C23H26N4O2. The summed E-state index contributed by atoms with van der Waals surface area (Å²) < 4.78 is 1.94. The van der Waals surface area contributed by atoms with Crippen LogP contribution in [-0.4, -0.2) is 58.3 Å². The molecule has 150 valence electrons. The highest BCUT2D eigenvalue weighted by atomic mass is 16.3. The van der Waals surface area contributed by atoms with Crippen molar-refractivity contribution in [1.82, 2.24) is 14.5 Å². The topological polar surface area (TPSA) is 61.1 Å². The van der Waals surface area contributed by atoms with Crippen molar-refractivity contribution in [3.63, 3.8) is 0 Å². The van der Waals surface area contributed by atoms with Crippen molar-refractivity contribution in [2.24, 2.45) is 5.92 Å². The van der Waals surface area contributed by atoms with Crippen LogP contribution in [-0.2, 0) is 11.2 Å². The second-order valence-electron chi connectivity index (χ2n) is 8.03. The smallest absolute Gasteiger partial charge is 0.225 e. The summed E-state index contributed by atoms with van der Waals surface area (Å²) in [7, 11) is 0. The van der Waals surface area contributed by atoms with Crippen molar-refractivity contribution >= 4 is 17.1 Å². The Kier molecular flexibility index (Phi) is 4.72. The Labute approximate surface area is 170 Å². The monoisotopic (exact) mass is 390 g/mol. The first-order valence-electron chi connectivity index (χ1n) is 10.4. The normalized spacial score (nSPS) is 17.1. The first kappa shape index (κ1) is 18.2. The van der Waals surface area contributed by atoms with Crippen LogP contribution in [0.2, 0.25) is 0 Å². The van der Waals surface area contributed by atoms with Gasteiger partial charge in [-0.2, -0.15) is 5.10 Å². The van der Waals surface area contributed by atoms with E-state index in [9.17, 15) is 4.79 Å². The molecule has 1 saturated carbocycles. The fourth-order valence-electron chi connectivity index (χ4n) is 4.17. The molecule has 6 heteroatoms. The van der Waals surface area contributed by atoms with Crippen LogP contribution < -0.4 is 4.90 Å². The molecule has 3 aromatic rings. The van der Waals surface area contributed by atoms with Crippen LogP contribution in [0.15, 0.2) is 48.8 Å². The van der Waals surface area contributed by atoms with Gasteiger partial charge in [-0.15, -0.1) is 0 Å². The summed E-state index contributed by atoms with van der Waals surface area (Å²) in [6.07, 6.45) is 6.72. The molecule has 6 nitrogen and oxygen atoms in total. The van der Waals surface area contributed by atoms with Crippen LogP contribution in [0, 0.1) is 5.92 Å². The first-order chi connectivity index (χ1) is 14.2. The lowest BCUT2D eigenvalue weighted by Gasteiger charge is -2.36. The van der Waals surface area contributed by atoms with E-state index in [0.29, 0.717) is 18.2 Å². The highest BCUT2D eigenvalue weighted by Gasteiger charge is 2.34. The van der Waals surface area contributed by atoms with Crippen molar-refractivity contribution in [2.45, 2.75) is 19.3 Å². The number of rotatable bonds is 5. The van der Waals surface area contributed by atoms with Gasteiger partial charge in [0, 0.05) is 56.7 Å². The molecule has 29 heavy (non-hydrogen) atoms. The molecule has 1 N–H and O–H groups in total. The number of piperazine rings is 1. The number of hydrogen-bond donors (Lipinski definition) is 1. The van der Waals surface area contributed by atoms with E-state index in [1.54, 1.807) is 0 Å². The lowest BCUT2D eigenvalue weighted by Crippen LogP contribution is -2.49. The van der Waals surface area contributed by atoms with Crippen LogP contribution >= 0.6 is 0 Å². The van der Waals surface area contributed by atoms with Crippen molar-refractivity contribution in [1.29, 1.82) is 0 Å². The zero-order valence-corrected chi connectivity index (χ0v) is 16.5. The lowest BCUT2D eigenvalue weighted by atomic mass is 10.1. The third-order valence-electron chi connectivity index (χ3n) is 6.03. The summed E-state index contributed by atoms with van der Waals surface area (Å²) in [6.45, 7) is 3.47. The van der Waals surface area contributed by atoms with Crippen LogP contribution in [0.4, 0.5) is 5.69 Å². The molecule has 0 radical (unpaired) electrons. The third kappa shape index (κ3) is 3.60. The minimum absolute atomic E-state index is 0.169. The van der Waals surface area contributed by atoms with Gasteiger partial charge in [-0.05, 0) is 42.5 Å². The van der Waals surface area contributed by atoms with Gasteiger partial charge in [-0.25, -0.2) is 4.52 Å². The fourth-order valence-corrected chi connectivity index (χ4v) is 4.17. The number of aliphatic hydroxyl groups excluding tert-OH is 1. The molecule has 2 aromatic heterocycles. The van der Waals surface area contributed by atoms with E-state index in [1.807, 2.05) is 15.6 Å². The van der Waals surface area contributed by atoms with Crippen molar-refractivity contribution < 1.29 is 9.90 Å². The molecule has 2 fully saturated rings. The van der Waals surface area contributed by atoms with Crippen LogP contribution in [0.1, 0.15) is 18.4 Å². The highest BCUT2D eigenvalue weighted by Crippen LogP contribution is 2.32. The Morgan fingerprint density at radius 1 is 1.03 bits per heavy atom. The van der Waals surface area contributed by atoms with Gasteiger partial charge in [-0.1, -0.05) is 24.3 Å². The van der Waals surface area contributed by atoms with Gasteiger partial charge in [0.2, 0.25) is 5.91 Å². The Balaban J connectivity index is 1.37. The number of benzene rings is 1. The SMILES string of the molecule is O=C(C1CC1)N1CCN(c2ccnn3cc(-c4ccc(CCO)cc4)cc23)CC1. The maximum absolute atomic E-state index is 12.3. The fraction of sp³-hybridized carbons (Fsp3) is 0.391. The average Bonchev–Trinajstić information content (AvgIpc) is 3.52. The summed E-state index contributed by atoms with van der Waals surface area (Å²) in [4.78, 5) is 16.7. The van der Waals surface area contributed by atoms with E-state index in [2.05, 4.69) is 52.6 Å². The van der Waals surface area contributed by atoms with Gasteiger partial charge in [0.05, 0.1) is 11.2 Å². The number of aromatic nitrogens is 2. The van der Waals surface area contributed by atoms with Gasteiger partial charge in [0.1, 0.15) is 0 Å². The van der Waals surface area contributed by atoms with E-state index < -0.39 is 0 Å². The van der Waals surface area contributed by atoms with Crippen molar-refractivity contribution in [3.8, 4) is 11.1 Å². The summed E-state index contributed by atoms with van der Waals surface area (Å²) in [6, 6.07) is 12.6. The highest BCUT2D eigenvalue weighted by molar-refractivity contribution is 5.82. The van der Waals surface area contributed by atoms with Gasteiger partial charge in [0.25, 0.3) is 0 Å². The molecule has 1 aliphatic heterocycles.